The number of H-pyrrole nitrogens is 3. The van der Waals surface area contributed by atoms with Crippen molar-refractivity contribution in [2.75, 3.05) is 0 Å². The van der Waals surface area contributed by atoms with Crippen molar-refractivity contribution < 1.29 is 14.4 Å². The number of aromatic nitrogens is 3. The zero-order chi connectivity index (χ0) is 55.6. The van der Waals surface area contributed by atoms with E-state index in [0.717, 1.165) is 43.5 Å². The van der Waals surface area contributed by atoms with Crippen molar-refractivity contribution in [3.8, 4) is 0 Å². The summed E-state index contributed by atoms with van der Waals surface area (Å²) in [5.74, 6) is 0.378. The molecule has 0 saturated heterocycles. The zero-order valence-electron chi connectivity index (χ0n) is 50.0. The minimum absolute atomic E-state index is 0.0143. The van der Waals surface area contributed by atoms with Crippen molar-refractivity contribution in [1.29, 1.82) is 0 Å². The van der Waals surface area contributed by atoms with Gasteiger partial charge in [-0.1, -0.05) is 167 Å². The predicted octanol–water partition coefficient (Wildman–Crippen LogP) is 17.2. The van der Waals surface area contributed by atoms with Gasteiger partial charge in [0.15, 0.2) is 17.3 Å². The molecule has 0 atom stereocenters. The molecule has 0 spiro atoms. The third kappa shape index (κ3) is 14.3. The summed E-state index contributed by atoms with van der Waals surface area (Å²) in [6.45, 7) is 43.4. The molecule has 0 amide bonds. The van der Waals surface area contributed by atoms with Crippen LogP contribution >= 0.6 is 0 Å². The van der Waals surface area contributed by atoms with Crippen LogP contribution in [0, 0.1) is 6.92 Å². The second-order valence-electron chi connectivity index (χ2n) is 27.5. The topological polar surface area (TPSA) is 98.6 Å². The summed E-state index contributed by atoms with van der Waals surface area (Å²) in [7, 11) is 0. The highest BCUT2D eigenvalue weighted by Crippen LogP contribution is 2.41. The maximum absolute atomic E-state index is 14.2. The fourth-order valence-corrected chi connectivity index (χ4v) is 11.9. The van der Waals surface area contributed by atoms with Gasteiger partial charge in [-0.2, -0.15) is 0 Å². The lowest BCUT2D eigenvalue weighted by Crippen LogP contribution is -2.26. The Bertz CT molecular complexity index is 2940. The summed E-state index contributed by atoms with van der Waals surface area (Å²) in [5, 5.41) is 0. The molecule has 3 heterocycles. The van der Waals surface area contributed by atoms with Gasteiger partial charge in [-0.3, -0.25) is 14.4 Å². The maximum Gasteiger partial charge on any atom is 0.179 e. The van der Waals surface area contributed by atoms with Crippen LogP contribution in [0.15, 0.2) is 79.0 Å². The van der Waals surface area contributed by atoms with Crippen LogP contribution in [0.25, 0.3) is 0 Å². The van der Waals surface area contributed by atoms with Gasteiger partial charge < -0.3 is 15.0 Å². The number of nitrogens with one attached hydrogen (secondary N) is 3. The fourth-order valence-electron chi connectivity index (χ4n) is 11.9. The molecule has 6 heteroatoms. The van der Waals surface area contributed by atoms with Crippen LogP contribution in [0.1, 0.15) is 260 Å². The average molecular weight is 1010 g/mol. The molecule has 3 N–H and O–H groups in total. The summed E-state index contributed by atoms with van der Waals surface area (Å²) >= 11 is 0. The van der Waals surface area contributed by atoms with Gasteiger partial charge in [0.2, 0.25) is 0 Å². The van der Waals surface area contributed by atoms with Crippen molar-refractivity contribution in [1.82, 2.24) is 15.0 Å². The third-order valence-electron chi connectivity index (χ3n) is 15.8. The van der Waals surface area contributed by atoms with Crippen molar-refractivity contribution in [3.05, 3.63) is 174 Å². The van der Waals surface area contributed by atoms with Gasteiger partial charge in [0.1, 0.15) is 0 Å². The van der Waals surface area contributed by atoms with Crippen molar-refractivity contribution in [2.24, 2.45) is 0 Å². The number of rotatable bonds is 21. The van der Waals surface area contributed by atoms with E-state index >= 15 is 0 Å². The second-order valence-corrected chi connectivity index (χ2v) is 27.5. The number of ketones is 3. The van der Waals surface area contributed by atoms with E-state index in [-0.39, 0.29) is 49.8 Å². The first kappa shape index (κ1) is 58.8. The highest BCUT2D eigenvalue weighted by Gasteiger charge is 2.33. The molecule has 6 rings (SSSR count). The summed E-state index contributed by atoms with van der Waals surface area (Å²) in [5.41, 5.74) is 19.2. The van der Waals surface area contributed by atoms with Crippen LogP contribution in [0.3, 0.4) is 0 Å². The van der Waals surface area contributed by atoms with Gasteiger partial charge in [-0.25, -0.2) is 0 Å². The Morgan fingerprint density at radius 1 is 0.427 bits per heavy atom. The molecule has 0 unspecified atom stereocenters. The maximum atomic E-state index is 14.2. The smallest absolute Gasteiger partial charge is 0.179 e. The molecule has 3 aromatic heterocycles. The van der Waals surface area contributed by atoms with E-state index in [1.54, 1.807) is 6.20 Å². The molecule has 0 aliphatic rings. The van der Waals surface area contributed by atoms with Crippen LogP contribution in [0.2, 0.25) is 0 Å². The number of Topliss-reactive ketones (excluding diaryl/α,β-unsaturated/α-hetero) is 3. The van der Waals surface area contributed by atoms with Crippen LogP contribution in [0.5, 0.6) is 0 Å². The van der Waals surface area contributed by atoms with Crippen molar-refractivity contribution >= 4 is 17.3 Å². The quantitative estimate of drug-likeness (QED) is 0.0627. The lowest BCUT2D eigenvalue weighted by Gasteiger charge is -2.33. The monoisotopic (exact) mass is 1010 g/mol. The first-order chi connectivity index (χ1) is 34.7. The second kappa shape index (κ2) is 22.6. The van der Waals surface area contributed by atoms with E-state index in [1.165, 1.54) is 66.8 Å². The van der Waals surface area contributed by atoms with Gasteiger partial charge >= 0.3 is 0 Å². The highest BCUT2D eigenvalue weighted by atomic mass is 16.1. The molecular weight excluding hydrogens is 919 g/mol. The number of carbonyl (C=O) groups excluding carboxylic acids is 3. The molecule has 6 aromatic rings. The molecule has 3 aromatic carbocycles. The molecule has 0 radical (unpaired) electrons. The lowest BCUT2D eigenvalue weighted by molar-refractivity contribution is 0.0970. The SMILES string of the molecule is CCCc1c(C(C)(C)C)cc(CCC(=O)c2ccc[nH]2)cc1C(C)(C)Cc1ccc(C(=O)CCc2cc(C(C)(C)C)c(CC)c(C(C)(C)Cc3ccc(C(=O)CCc4cc(C(C)(C)C)c(C)c(C(C)(C)C)c4)[nH]3)c2)[nH]1. The number of aromatic amines is 3. The van der Waals surface area contributed by atoms with Gasteiger partial charge in [-0.15, -0.1) is 0 Å². The summed E-state index contributed by atoms with van der Waals surface area (Å²) in [6, 6.07) is 26.0. The predicted molar refractivity (Wildman–Crippen MR) is 316 cm³/mol. The first-order valence-corrected chi connectivity index (χ1v) is 28.3. The highest BCUT2D eigenvalue weighted by molar-refractivity contribution is 5.95. The van der Waals surface area contributed by atoms with Gasteiger partial charge in [0, 0.05) is 36.8 Å². The average Bonchev–Trinajstić information content (AvgIpc) is 4.12. The first-order valence-electron chi connectivity index (χ1n) is 28.3. The minimum atomic E-state index is -0.254. The van der Waals surface area contributed by atoms with Gasteiger partial charge in [-0.05, 0) is 188 Å². The Kier molecular flexibility index (Phi) is 17.7. The Labute approximate surface area is 453 Å². The van der Waals surface area contributed by atoms with Crippen LogP contribution in [-0.2, 0) is 77.4 Å². The fraction of sp³-hybridized carbons (Fsp3) is 0.522. The van der Waals surface area contributed by atoms with Gasteiger partial charge in [0.05, 0.1) is 17.1 Å². The Balaban J connectivity index is 1.18. The van der Waals surface area contributed by atoms with Crippen molar-refractivity contribution in [3.63, 3.8) is 0 Å². The number of aryl methyl sites for hydroxylation is 3. The van der Waals surface area contributed by atoms with E-state index in [4.69, 9.17) is 0 Å². The molecule has 0 bridgehead atoms. The van der Waals surface area contributed by atoms with E-state index in [0.29, 0.717) is 55.6 Å². The molecule has 0 aliphatic heterocycles. The normalized spacial score (nSPS) is 12.9. The zero-order valence-corrected chi connectivity index (χ0v) is 50.0. The molecule has 0 fully saturated rings. The van der Waals surface area contributed by atoms with Gasteiger partial charge in [0.25, 0.3) is 0 Å². The van der Waals surface area contributed by atoms with E-state index in [2.05, 4.69) is 195 Å². The molecular formula is C69H95N3O3. The number of carbonyl (C=O) groups is 3. The Morgan fingerprint density at radius 3 is 1.15 bits per heavy atom. The number of hydrogen-bond acceptors (Lipinski definition) is 3. The number of hydrogen-bond donors (Lipinski definition) is 3. The van der Waals surface area contributed by atoms with E-state index in [9.17, 15) is 14.4 Å². The largest absolute Gasteiger partial charge is 0.359 e. The number of benzene rings is 3. The molecule has 0 saturated carbocycles. The Morgan fingerprint density at radius 2 is 0.787 bits per heavy atom. The van der Waals surface area contributed by atoms with Crippen LogP contribution < -0.4 is 0 Å². The third-order valence-corrected chi connectivity index (χ3v) is 15.8. The van der Waals surface area contributed by atoms with Crippen LogP contribution in [0.4, 0.5) is 0 Å². The molecule has 0 aliphatic carbocycles. The lowest BCUT2D eigenvalue weighted by atomic mass is 9.71. The summed E-state index contributed by atoms with van der Waals surface area (Å²) in [4.78, 5) is 51.3. The summed E-state index contributed by atoms with van der Waals surface area (Å²) in [6.07, 6.45) is 9.55. The molecule has 404 valence electrons. The van der Waals surface area contributed by atoms with Crippen LogP contribution in [-0.4, -0.2) is 32.3 Å². The van der Waals surface area contributed by atoms with Crippen molar-refractivity contribution in [2.45, 2.75) is 235 Å². The molecule has 75 heavy (non-hydrogen) atoms. The van der Waals surface area contributed by atoms with E-state index in [1.807, 2.05) is 24.3 Å². The summed E-state index contributed by atoms with van der Waals surface area (Å²) < 4.78 is 0. The minimum Gasteiger partial charge on any atom is -0.359 e. The molecule has 6 nitrogen and oxygen atoms in total. The standard InChI is InChI=1S/C69H95N3O3/c1-20-23-51-55(67(13,14)15)39-47(25-32-61(73)58-24-22-35-70-58)41-57(51)69(18,19)43-49-29-31-60(72-49)63(75)34-27-46-38-54(66(10,11)12)50(21-2)56(40-46)68(16,17)42-48-28-30-59(71-48)62(74)33-26-45-36-52(64(4,5)6)44(3)53(37-45)65(7,8)9/h22,24,28-31,35-41,70-72H,20-21,23,25-27,32-34,42-43H2,1-19H3. The van der Waals surface area contributed by atoms with E-state index < -0.39 is 0 Å². The Hall–Kier alpha value is -5.49.